The first kappa shape index (κ1) is 12.7. The standard InChI is InChI=1S/C11H12ClNO3/c1-3-16-11(15)7(2)9(14)8-5-4-6-13-10(8)12/h4-6,9,14H,2-3H2,1H3. The van der Waals surface area contributed by atoms with Gasteiger partial charge in [0.2, 0.25) is 0 Å². The van der Waals surface area contributed by atoms with Crippen molar-refractivity contribution < 1.29 is 14.6 Å². The maximum Gasteiger partial charge on any atom is 0.336 e. The molecule has 0 bridgehead atoms. The summed E-state index contributed by atoms with van der Waals surface area (Å²) in [6.07, 6.45) is 0.298. The molecule has 1 unspecified atom stereocenters. The lowest BCUT2D eigenvalue weighted by Crippen LogP contribution is -2.14. The van der Waals surface area contributed by atoms with Gasteiger partial charge in [0, 0.05) is 11.8 Å². The molecule has 1 aromatic rings. The molecule has 86 valence electrons. The van der Waals surface area contributed by atoms with Crippen molar-refractivity contribution in [2.24, 2.45) is 0 Å². The summed E-state index contributed by atoms with van der Waals surface area (Å²) in [7, 11) is 0. The average molecular weight is 242 g/mol. The minimum Gasteiger partial charge on any atom is -0.463 e. The van der Waals surface area contributed by atoms with Gasteiger partial charge in [-0.1, -0.05) is 24.2 Å². The molecule has 1 rings (SSSR count). The fraction of sp³-hybridized carbons (Fsp3) is 0.273. The number of aromatic nitrogens is 1. The van der Waals surface area contributed by atoms with Gasteiger partial charge in [0.15, 0.2) is 0 Å². The summed E-state index contributed by atoms with van der Waals surface area (Å²) in [5, 5.41) is 9.98. The highest BCUT2D eigenvalue weighted by molar-refractivity contribution is 6.30. The van der Waals surface area contributed by atoms with Gasteiger partial charge in [0.1, 0.15) is 11.3 Å². The van der Waals surface area contributed by atoms with Crippen molar-refractivity contribution in [3.05, 3.63) is 41.2 Å². The van der Waals surface area contributed by atoms with E-state index in [0.717, 1.165) is 0 Å². The number of aliphatic hydroxyl groups is 1. The first-order chi connectivity index (χ1) is 7.57. The lowest BCUT2D eigenvalue weighted by Gasteiger charge is -2.13. The number of hydrogen-bond acceptors (Lipinski definition) is 4. The van der Waals surface area contributed by atoms with E-state index in [9.17, 15) is 9.90 Å². The monoisotopic (exact) mass is 241 g/mol. The molecule has 0 fully saturated rings. The van der Waals surface area contributed by atoms with E-state index < -0.39 is 12.1 Å². The van der Waals surface area contributed by atoms with Crippen LogP contribution in [0.25, 0.3) is 0 Å². The second-order valence-corrected chi connectivity index (χ2v) is 3.39. The Balaban J connectivity index is 2.86. The highest BCUT2D eigenvalue weighted by Gasteiger charge is 2.21. The lowest BCUT2D eigenvalue weighted by molar-refractivity contribution is -0.139. The number of nitrogens with zero attached hydrogens (tertiary/aromatic N) is 1. The number of carbonyl (C=O) groups is 1. The minimum atomic E-state index is -1.19. The topological polar surface area (TPSA) is 59.4 Å². The molecule has 5 heteroatoms. The molecule has 1 aromatic heterocycles. The molecule has 1 N–H and O–H groups in total. The largest absolute Gasteiger partial charge is 0.463 e. The maximum atomic E-state index is 11.3. The number of pyridine rings is 1. The van der Waals surface area contributed by atoms with Gasteiger partial charge in [-0.3, -0.25) is 0 Å². The van der Waals surface area contributed by atoms with Crippen molar-refractivity contribution in [3.8, 4) is 0 Å². The van der Waals surface area contributed by atoms with Gasteiger partial charge in [-0.05, 0) is 13.0 Å². The zero-order valence-corrected chi connectivity index (χ0v) is 9.57. The highest BCUT2D eigenvalue weighted by atomic mass is 35.5. The van der Waals surface area contributed by atoms with E-state index in [2.05, 4.69) is 11.6 Å². The highest BCUT2D eigenvalue weighted by Crippen LogP contribution is 2.26. The Bertz CT molecular complexity index is 406. The van der Waals surface area contributed by atoms with Gasteiger partial charge in [-0.2, -0.15) is 0 Å². The second-order valence-electron chi connectivity index (χ2n) is 3.03. The molecule has 0 amide bonds. The fourth-order valence-electron chi connectivity index (χ4n) is 1.13. The van der Waals surface area contributed by atoms with E-state index in [1.54, 1.807) is 19.1 Å². The minimum absolute atomic E-state index is 0.0586. The number of hydrogen-bond donors (Lipinski definition) is 1. The molecule has 1 heterocycles. The summed E-state index contributed by atoms with van der Waals surface area (Å²) in [5.74, 6) is -0.644. The maximum absolute atomic E-state index is 11.3. The Morgan fingerprint density at radius 2 is 2.44 bits per heavy atom. The first-order valence-electron chi connectivity index (χ1n) is 4.72. The fourth-order valence-corrected chi connectivity index (χ4v) is 1.35. The third-order valence-electron chi connectivity index (χ3n) is 1.95. The Labute approximate surface area is 98.5 Å². The molecular weight excluding hydrogens is 230 g/mol. The number of esters is 1. The molecule has 0 radical (unpaired) electrons. The SMILES string of the molecule is C=C(C(=O)OCC)C(O)c1cccnc1Cl. The van der Waals surface area contributed by atoms with E-state index >= 15 is 0 Å². The molecule has 0 aliphatic rings. The van der Waals surface area contributed by atoms with E-state index in [4.69, 9.17) is 16.3 Å². The Morgan fingerprint density at radius 3 is 3.00 bits per heavy atom. The van der Waals surface area contributed by atoms with E-state index in [0.29, 0.717) is 5.56 Å². The predicted molar refractivity (Wildman–Crippen MR) is 60.0 cm³/mol. The van der Waals surface area contributed by atoms with Crippen LogP contribution in [-0.2, 0) is 9.53 Å². The van der Waals surface area contributed by atoms with Gasteiger partial charge in [0.25, 0.3) is 0 Å². The summed E-state index contributed by atoms with van der Waals surface area (Å²) < 4.78 is 4.72. The van der Waals surface area contributed by atoms with Crippen LogP contribution in [0.2, 0.25) is 5.15 Å². The molecule has 0 saturated heterocycles. The molecule has 0 aliphatic carbocycles. The number of halogens is 1. The van der Waals surface area contributed by atoms with Crippen LogP contribution in [0.1, 0.15) is 18.6 Å². The van der Waals surface area contributed by atoms with Gasteiger partial charge in [-0.25, -0.2) is 9.78 Å². The van der Waals surface area contributed by atoms with Crippen molar-refractivity contribution in [2.45, 2.75) is 13.0 Å². The normalized spacial score (nSPS) is 11.9. The van der Waals surface area contributed by atoms with Crippen LogP contribution in [0.5, 0.6) is 0 Å². The summed E-state index contributed by atoms with van der Waals surface area (Å²) >= 11 is 5.78. The molecule has 0 aliphatic heterocycles. The molecule has 1 atom stereocenters. The van der Waals surface area contributed by atoms with Crippen LogP contribution >= 0.6 is 11.6 Å². The average Bonchev–Trinajstić information content (AvgIpc) is 2.28. The van der Waals surface area contributed by atoms with Crippen LogP contribution in [0.4, 0.5) is 0 Å². The molecule has 4 nitrogen and oxygen atoms in total. The Morgan fingerprint density at radius 1 is 1.75 bits per heavy atom. The van der Waals surface area contributed by atoms with Crippen molar-refractivity contribution in [1.82, 2.24) is 4.98 Å². The van der Waals surface area contributed by atoms with Gasteiger partial charge >= 0.3 is 5.97 Å². The predicted octanol–water partition coefficient (Wildman–Crippen LogP) is 1.89. The molecule has 16 heavy (non-hydrogen) atoms. The zero-order valence-electron chi connectivity index (χ0n) is 8.81. The zero-order chi connectivity index (χ0) is 12.1. The van der Waals surface area contributed by atoms with Crippen molar-refractivity contribution in [2.75, 3.05) is 6.61 Å². The quantitative estimate of drug-likeness (QED) is 0.497. The van der Waals surface area contributed by atoms with Gasteiger partial charge in [-0.15, -0.1) is 0 Å². The number of ether oxygens (including phenoxy) is 1. The third-order valence-corrected chi connectivity index (χ3v) is 2.27. The summed E-state index contributed by atoms with van der Waals surface area (Å²) in [6, 6.07) is 3.19. The van der Waals surface area contributed by atoms with Crippen LogP contribution < -0.4 is 0 Å². The molecule has 0 spiro atoms. The number of rotatable bonds is 4. The molecule has 0 saturated carbocycles. The van der Waals surface area contributed by atoms with Crippen molar-refractivity contribution >= 4 is 17.6 Å². The lowest BCUT2D eigenvalue weighted by atomic mass is 10.1. The second kappa shape index (κ2) is 5.63. The summed E-state index contributed by atoms with van der Waals surface area (Å²) in [6.45, 7) is 5.38. The van der Waals surface area contributed by atoms with Gasteiger partial charge in [0.05, 0.1) is 12.2 Å². The summed E-state index contributed by atoms with van der Waals surface area (Å²) in [4.78, 5) is 15.1. The number of aliphatic hydroxyl groups excluding tert-OH is 1. The van der Waals surface area contributed by atoms with Crippen LogP contribution in [0.3, 0.4) is 0 Å². The smallest absolute Gasteiger partial charge is 0.336 e. The van der Waals surface area contributed by atoms with Crippen LogP contribution in [0.15, 0.2) is 30.5 Å². The van der Waals surface area contributed by atoms with Crippen molar-refractivity contribution in [3.63, 3.8) is 0 Å². The third kappa shape index (κ3) is 2.81. The van der Waals surface area contributed by atoms with Crippen LogP contribution in [-0.4, -0.2) is 22.7 Å². The Kier molecular flexibility index (Phi) is 4.46. The van der Waals surface area contributed by atoms with E-state index in [1.165, 1.54) is 6.20 Å². The summed E-state index contributed by atoms with van der Waals surface area (Å²) in [5.41, 5.74) is 0.277. The molecular formula is C11H12ClNO3. The number of carbonyl (C=O) groups excluding carboxylic acids is 1. The first-order valence-corrected chi connectivity index (χ1v) is 5.10. The van der Waals surface area contributed by atoms with E-state index in [-0.39, 0.29) is 17.3 Å². The van der Waals surface area contributed by atoms with Gasteiger partial charge < -0.3 is 9.84 Å². The Hall–Kier alpha value is -1.39. The van der Waals surface area contributed by atoms with E-state index in [1.807, 2.05) is 0 Å². The molecule has 0 aromatic carbocycles. The van der Waals surface area contributed by atoms with Crippen LogP contribution in [0, 0.1) is 0 Å². The van der Waals surface area contributed by atoms with Crippen molar-refractivity contribution in [1.29, 1.82) is 0 Å².